The lowest BCUT2D eigenvalue weighted by Gasteiger charge is -2.49. The maximum atomic E-state index is 12.3. The first-order chi connectivity index (χ1) is 10.3. The monoisotopic (exact) mass is 293 g/mol. The van der Waals surface area contributed by atoms with E-state index in [1.54, 1.807) is 0 Å². The van der Waals surface area contributed by atoms with Gasteiger partial charge in [0.1, 0.15) is 0 Å². The Morgan fingerprint density at radius 2 is 1.76 bits per heavy atom. The van der Waals surface area contributed by atoms with Crippen molar-refractivity contribution in [1.29, 1.82) is 0 Å². The standard InChI is InChI=1S/C17H31N3O/c1-2-3-11-20-15-7-6-8-16(20)13-14(12-15)18-17(21)19-9-4-5-10-19/h14-16H,2-13H2,1H3,(H,18,21). The smallest absolute Gasteiger partial charge is 0.317 e. The minimum atomic E-state index is 0.192. The Bertz CT molecular complexity index is 340. The highest BCUT2D eigenvalue weighted by atomic mass is 16.2. The van der Waals surface area contributed by atoms with Crippen molar-refractivity contribution in [1.82, 2.24) is 15.1 Å². The Kier molecular flexibility index (Phi) is 5.04. The quantitative estimate of drug-likeness (QED) is 0.865. The third-order valence-electron chi connectivity index (χ3n) is 5.62. The molecular formula is C17H31N3O. The number of unbranched alkanes of at least 4 members (excludes halogenated alkanes) is 1. The van der Waals surface area contributed by atoms with Gasteiger partial charge in [-0.15, -0.1) is 0 Å². The lowest BCUT2D eigenvalue weighted by Crippen LogP contribution is -2.58. The Balaban J connectivity index is 1.54. The van der Waals surface area contributed by atoms with E-state index in [2.05, 4.69) is 17.1 Å². The predicted octanol–water partition coefficient (Wildman–Crippen LogP) is 2.98. The zero-order valence-electron chi connectivity index (χ0n) is 13.5. The normalized spacial score (nSPS) is 33.2. The van der Waals surface area contributed by atoms with Crippen LogP contribution >= 0.6 is 0 Å². The second-order valence-corrected chi connectivity index (χ2v) is 7.14. The fourth-order valence-electron chi connectivity index (χ4n) is 4.49. The van der Waals surface area contributed by atoms with Crippen LogP contribution in [0.1, 0.15) is 64.7 Å². The van der Waals surface area contributed by atoms with Gasteiger partial charge in [-0.3, -0.25) is 4.90 Å². The van der Waals surface area contributed by atoms with E-state index < -0.39 is 0 Å². The van der Waals surface area contributed by atoms with Crippen LogP contribution in [0.25, 0.3) is 0 Å². The van der Waals surface area contributed by atoms with Crippen molar-refractivity contribution >= 4 is 6.03 Å². The number of rotatable bonds is 4. The van der Waals surface area contributed by atoms with Crippen LogP contribution in [0.15, 0.2) is 0 Å². The molecule has 3 aliphatic heterocycles. The lowest BCUT2D eigenvalue weighted by molar-refractivity contribution is 0.0248. The molecule has 3 saturated heterocycles. The van der Waals surface area contributed by atoms with Gasteiger partial charge in [0.2, 0.25) is 0 Å². The van der Waals surface area contributed by atoms with Gasteiger partial charge in [0.25, 0.3) is 0 Å². The molecule has 0 saturated carbocycles. The molecule has 0 spiro atoms. The lowest BCUT2D eigenvalue weighted by atomic mass is 9.81. The van der Waals surface area contributed by atoms with Crippen molar-refractivity contribution in [3.63, 3.8) is 0 Å². The van der Waals surface area contributed by atoms with E-state index in [1.165, 1.54) is 64.3 Å². The largest absolute Gasteiger partial charge is 0.335 e. The average molecular weight is 293 g/mol. The third kappa shape index (κ3) is 3.53. The Labute approximate surface area is 129 Å². The highest BCUT2D eigenvalue weighted by Crippen LogP contribution is 2.34. The maximum absolute atomic E-state index is 12.3. The number of nitrogens with zero attached hydrogens (tertiary/aromatic N) is 2. The molecule has 2 amide bonds. The van der Waals surface area contributed by atoms with Crippen LogP contribution in [0.3, 0.4) is 0 Å². The van der Waals surface area contributed by atoms with Crippen molar-refractivity contribution in [3.05, 3.63) is 0 Å². The molecule has 0 radical (unpaired) electrons. The molecule has 0 aromatic heterocycles. The number of hydrogen-bond acceptors (Lipinski definition) is 2. The molecule has 0 aromatic carbocycles. The molecule has 120 valence electrons. The molecule has 3 fully saturated rings. The second-order valence-electron chi connectivity index (χ2n) is 7.14. The van der Waals surface area contributed by atoms with Crippen LogP contribution in [0, 0.1) is 0 Å². The Hall–Kier alpha value is -0.770. The van der Waals surface area contributed by atoms with Crippen LogP contribution in [0.5, 0.6) is 0 Å². The van der Waals surface area contributed by atoms with Gasteiger partial charge in [0, 0.05) is 31.2 Å². The van der Waals surface area contributed by atoms with Gasteiger partial charge in [0.05, 0.1) is 0 Å². The van der Waals surface area contributed by atoms with E-state index in [4.69, 9.17) is 0 Å². The minimum Gasteiger partial charge on any atom is -0.335 e. The van der Waals surface area contributed by atoms with E-state index in [9.17, 15) is 4.79 Å². The number of piperidine rings is 2. The van der Waals surface area contributed by atoms with Crippen molar-refractivity contribution < 1.29 is 4.79 Å². The molecule has 2 bridgehead atoms. The predicted molar refractivity (Wildman–Crippen MR) is 85.4 cm³/mol. The van der Waals surface area contributed by atoms with E-state index in [1.807, 2.05) is 4.90 Å². The summed E-state index contributed by atoms with van der Waals surface area (Å²) in [7, 11) is 0. The van der Waals surface area contributed by atoms with Crippen molar-refractivity contribution in [2.45, 2.75) is 82.8 Å². The molecule has 4 nitrogen and oxygen atoms in total. The SMILES string of the molecule is CCCCN1C2CCCC1CC(NC(=O)N1CCCC1)C2. The van der Waals surface area contributed by atoms with Crippen LogP contribution in [-0.2, 0) is 0 Å². The van der Waals surface area contributed by atoms with E-state index in [0.29, 0.717) is 18.1 Å². The highest BCUT2D eigenvalue weighted by Gasteiger charge is 2.38. The summed E-state index contributed by atoms with van der Waals surface area (Å²) < 4.78 is 0. The van der Waals surface area contributed by atoms with Crippen LogP contribution in [0.2, 0.25) is 0 Å². The second kappa shape index (κ2) is 6.99. The number of likely N-dealkylation sites (tertiary alicyclic amines) is 1. The summed E-state index contributed by atoms with van der Waals surface area (Å²) in [5.74, 6) is 0. The van der Waals surface area contributed by atoms with Gasteiger partial charge in [-0.25, -0.2) is 4.79 Å². The average Bonchev–Trinajstić information content (AvgIpc) is 2.99. The molecule has 4 heteroatoms. The summed E-state index contributed by atoms with van der Waals surface area (Å²) in [4.78, 5) is 17.0. The van der Waals surface area contributed by atoms with Crippen LogP contribution in [-0.4, -0.2) is 53.6 Å². The molecule has 2 unspecified atom stereocenters. The topological polar surface area (TPSA) is 35.6 Å². The first kappa shape index (κ1) is 15.1. The van der Waals surface area contributed by atoms with Gasteiger partial charge >= 0.3 is 6.03 Å². The highest BCUT2D eigenvalue weighted by molar-refractivity contribution is 5.74. The van der Waals surface area contributed by atoms with Gasteiger partial charge in [0.15, 0.2) is 0 Å². The van der Waals surface area contributed by atoms with Gasteiger partial charge in [-0.1, -0.05) is 19.8 Å². The number of carbonyl (C=O) groups excluding carboxylic acids is 1. The zero-order valence-corrected chi connectivity index (χ0v) is 13.5. The van der Waals surface area contributed by atoms with Crippen molar-refractivity contribution in [2.75, 3.05) is 19.6 Å². The minimum absolute atomic E-state index is 0.192. The first-order valence-electron chi connectivity index (χ1n) is 9.09. The van der Waals surface area contributed by atoms with E-state index in [-0.39, 0.29) is 6.03 Å². The number of fused-ring (bicyclic) bond motifs is 2. The Morgan fingerprint density at radius 1 is 1.10 bits per heavy atom. The number of nitrogens with one attached hydrogen (secondary N) is 1. The summed E-state index contributed by atoms with van der Waals surface area (Å²) in [6, 6.07) is 2.03. The van der Waals surface area contributed by atoms with Gasteiger partial charge in [-0.05, 0) is 51.5 Å². The molecule has 0 aromatic rings. The number of amides is 2. The molecule has 21 heavy (non-hydrogen) atoms. The van der Waals surface area contributed by atoms with Crippen molar-refractivity contribution in [2.24, 2.45) is 0 Å². The van der Waals surface area contributed by atoms with Crippen molar-refractivity contribution in [3.8, 4) is 0 Å². The molecule has 3 rings (SSSR count). The number of urea groups is 1. The summed E-state index contributed by atoms with van der Waals surface area (Å²) in [6.45, 7) is 5.44. The van der Waals surface area contributed by atoms with Crippen LogP contribution < -0.4 is 5.32 Å². The van der Waals surface area contributed by atoms with Crippen LogP contribution in [0.4, 0.5) is 4.79 Å². The summed E-state index contributed by atoms with van der Waals surface area (Å²) in [6.07, 6.45) is 11.3. The van der Waals surface area contributed by atoms with Gasteiger partial charge < -0.3 is 10.2 Å². The summed E-state index contributed by atoms with van der Waals surface area (Å²) >= 11 is 0. The number of carbonyl (C=O) groups is 1. The molecule has 3 aliphatic rings. The third-order valence-corrected chi connectivity index (χ3v) is 5.62. The fraction of sp³-hybridized carbons (Fsp3) is 0.941. The molecule has 1 N–H and O–H groups in total. The molecule has 2 atom stereocenters. The van der Waals surface area contributed by atoms with Gasteiger partial charge in [-0.2, -0.15) is 0 Å². The van der Waals surface area contributed by atoms with E-state index in [0.717, 1.165) is 13.1 Å². The summed E-state index contributed by atoms with van der Waals surface area (Å²) in [5, 5.41) is 3.33. The molecule has 3 heterocycles. The fourth-order valence-corrected chi connectivity index (χ4v) is 4.49. The van der Waals surface area contributed by atoms with E-state index >= 15 is 0 Å². The molecule has 0 aliphatic carbocycles. The Morgan fingerprint density at radius 3 is 2.38 bits per heavy atom. The molecular weight excluding hydrogens is 262 g/mol. The maximum Gasteiger partial charge on any atom is 0.317 e. The first-order valence-corrected chi connectivity index (χ1v) is 9.09. The zero-order chi connectivity index (χ0) is 14.7. The number of hydrogen-bond donors (Lipinski definition) is 1. The summed E-state index contributed by atoms with van der Waals surface area (Å²) in [5.41, 5.74) is 0.